The predicted octanol–water partition coefficient (Wildman–Crippen LogP) is -12.1. The predicted molar refractivity (Wildman–Crippen MR) is 17.2 cm³/mol. The van der Waals surface area contributed by atoms with E-state index in [2.05, 4.69) is 0 Å². The molecule has 0 bridgehead atoms. The van der Waals surface area contributed by atoms with Crippen LogP contribution in [0.4, 0.5) is 0 Å². The van der Waals surface area contributed by atoms with E-state index in [-0.39, 0.29) is 103 Å². The Morgan fingerprint density at radius 2 is 0.643 bits per heavy atom. The summed E-state index contributed by atoms with van der Waals surface area (Å²) in [6.07, 6.45) is 0. The molecule has 0 amide bonds. The van der Waals surface area contributed by atoms with Gasteiger partial charge >= 0.3 is 139 Å². The van der Waals surface area contributed by atoms with Crippen molar-refractivity contribution in [3.63, 3.8) is 0 Å². The average molecular weight is 592 g/mol. The van der Waals surface area contributed by atoms with E-state index >= 15 is 0 Å². The van der Waals surface area contributed by atoms with E-state index in [0.29, 0.717) is 0 Å². The van der Waals surface area contributed by atoms with Gasteiger partial charge in [-0.3, -0.25) is 0 Å². The summed E-state index contributed by atoms with van der Waals surface area (Å²) in [4.78, 5) is 0. The van der Waals surface area contributed by atoms with Crippen molar-refractivity contribution in [2.24, 2.45) is 0 Å². The van der Waals surface area contributed by atoms with E-state index in [9.17, 15) is 0 Å². The second-order valence-electron chi connectivity index (χ2n) is 0.447. The first kappa shape index (κ1) is 53.6. The standard InChI is InChI=1S/K.Na.4H2O.6O.2Ta/h;;4*1H2;;;;;;;;/q2*+1;;;;;;;;;2*-1;;. The topological polar surface area (TPSA) is 240 Å². The first-order valence-electron chi connectivity index (χ1n) is 1.10. The van der Waals surface area contributed by atoms with E-state index in [1.165, 1.54) is 0 Å². The Morgan fingerprint density at radius 3 is 0.643 bits per heavy atom. The van der Waals surface area contributed by atoms with Crippen LogP contribution in [0.2, 0.25) is 0 Å². The molecule has 0 saturated heterocycles. The summed E-state index contributed by atoms with van der Waals surface area (Å²) in [6, 6.07) is 0. The fourth-order valence-corrected chi connectivity index (χ4v) is 0. The summed E-state index contributed by atoms with van der Waals surface area (Å²) in [5.41, 5.74) is 0. The van der Waals surface area contributed by atoms with Crippen molar-refractivity contribution < 1.29 is 161 Å². The van der Waals surface area contributed by atoms with Gasteiger partial charge in [-0.05, 0) is 0 Å². The maximum absolute atomic E-state index is 8.62. The maximum atomic E-state index is 8.62. The first-order valence-corrected chi connectivity index (χ1v) is 8.97. The number of rotatable bonds is 0. The molecule has 0 rings (SSSR count). The van der Waals surface area contributed by atoms with Gasteiger partial charge in [0.25, 0.3) is 0 Å². The normalized spacial score (nSPS) is 3.57. The average Bonchev–Trinajstić information content (AvgIpc) is 1.25. The summed E-state index contributed by atoms with van der Waals surface area (Å²) < 4.78 is 51.7. The van der Waals surface area contributed by atoms with Gasteiger partial charge in [-0.1, -0.05) is 0 Å². The Morgan fingerprint density at radius 1 is 0.643 bits per heavy atom. The molecule has 0 aliphatic heterocycles. The van der Waals surface area contributed by atoms with Gasteiger partial charge in [-0.25, -0.2) is 0 Å². The van der Waals surface area contributed by atoms with Crippen molar-refractivity contribution in [3.8, 4) is 0 Å². The molecule has 14 heteroatoms. The van der Waals surface area contributed by atoms with Gasteiger partial charge in [0.15, 0.2) is 0 Å². The molecule has 80 valence electrons. The zero-order chi connectivity index (χ0) is 7.15. The molecule has 0 aromatic rings. The van der Waals surface area contributed by atoms with Crippen LogP contribution in [-0.4, -0.2) is 21.9 Å². The summed E-state index contributed by atoms with van der Waals surface area (Å²) in [6.45, 7) is 0. The molecule has 0 spiro atoms. The summed E-state index contributed by atoms with van der Waals surface area (Å²) >= 11 is -8.69. The molecule has 8 N–H and O–H groups in total. The molecule has 10 nitrogen and oxygen atoms in total. The molecule has 0 heterocycles. The van der Waals surface area contributed by atoms with Crippen molar-refractivity contribution >= 4 is 0 Å². The molecule has 14 heavy (non-hydrogen) atoms. The van der Waals surface area contributed by atoms with Gasteiger partial charge in [-0.15, -0.1) is 0 Å². The van der Waals surface area contributed by atoms with Gasteiger partial charge in [0.1, 0.15) is 0 Å². The fraction of sp³-hybridized carbons (Fsp3) is 0. The molecule has 0 saturated carbocycles. The molecular weight excluding hydrogens is 584 g/mol. The van der Waals surface area contributed by atoms with Crippen molar-refractivity contribution in [2.75, 3.05) is 0 Å². The summed E-state index contributed by atoms with van der Waals surface area (Å²) in [5, 5.41) is 0. The third-order valence-corrected chi connectivity index (χ3v) is 0. The zero-order valence-corrected chi connectivity index (χ0v) is 18.9. The SMILES string of the molecule is O.O.O.O.[K+].[Na+].[O]=[Ta](=[O])[O-].[O]=[Ta](=[O])[O-]. The van der Waals surface area contributed by atoms with Crippen molar-refractivity contribution in [1.29, 1.82) is 0 Å². The molecule has 0 aliphatic rings. The molecule has 0 aliphatic carbocycles. The van der Waals surface area contributed by atoms with Crippen molar-refractivity contribution in [3.05, 3.63) is 0 Å². The Balaban J connectivity index is -0.00000000600. The van der Waals surface area contributed by atoms with E-state index in [4.69, 9.17) is 20.2 Å². The van der Waals surface area contributed by atoms with Crippen LogP contribution in [0.15, 0.2) is 0 Å². The van der Waals surface area contributed by atoms with Crippen LogP contribution in [0.25, 0.3) is 0 Å². The third kappa shape index (κ3) is 316. The summed E-state index contributed by atoms with van der Waals surface area (Å²) in [7, 11) is 0. The molecule has 0 unspecified atom stereocenters. The minimum atomic E-state index is -4.34. The Labute approximate surface area is 157 Å². The molecule has 0 aromatic carbocycles. The van der Waals surface area contributed by atoms with Crippen LogP contribution in [0.1, 0.15) is 0 Å². The second kappa shape index (κ2) is 44.4. The number of hydrogen-bond acceptors (Lipinski definition) is 6. The quantitative estimate of drug-likeness (QED) is 0.247. The molecular formula is H8KNaO10Ta2. The van der Waals surface area contributed by atoms with Crippen LogP contribution < -0.4 is 88.2 Å². The van der Waals surface area contributed by atoms with Crippen LogP contribution in [-0.2, 0) is 50.6 Å². The van der Waals surface area contributed by atoms with Gasteiger partial charge < -0.3 is 21.9 Å². The van der Waals surface area contributed by atoms with Crippen LogP contribution in [0.5, 0.6) is 0 Å². The molecule has 0 atom stereocenters. The molecule has 0 fully saturated rings. The number of hydrogen-bond donors (Lipinski definition) is 0. The van der Waals surface area contributed by atoms with E-state index in [0.717, 1.165) is 0 Å². The minimum absolute atomic E-state index is 0. The van der Waals surface area contributed by atoms with Gasteiger partial charge in [0.05, 0.1) is 0 Å². The Kier molecular flexibility index (Phi) is 170. The van der Waals surface area contributed by atoms with Crippen LogP contribution in [0, 0.1) is 0 Å². The van der Waals surface area contributed by atoms with Crippen molar-refractivity contribution in [2.45, 2.75) is 0 Å². The Bertz CT molecular complexity index is 135. The van der Waals surface area contributed by atoms with Crippen LogP contribution in [0.3, 0.4) is 0 Å². The zero-order valence-electron chi connectivity index (χ0n) is 7.34. The van der Waals surface area contributed by atoms with E-state index in [1.807, 2.05) is 0 Å². The van der Waals surface area contributed by atoms with Crippen LogP contribution >= 0.6 is 0 Å². The van der Waals surface area contributed by atoms with E-state index in [1.54, 1.807) is 0 Å². The third-order valence-electron chi connectivity index (χ3n) is 0. The van der Waals surface area contributed by atoms with Gasteiger partial charge in [0.2, 0.25) is 0 Å². The fourth-order valence-electron chi connectivity index (χ4n) is 0. The van der Waals surface area contributed by atoms with Gasteiger partial charge in [-0.2, -0.15) is 0 Å². The Hall–Kier alpha value is 3.08. The first-order chi connectivity index (χ1) is 3.46. The monoisotopic (exact) mass is 592 g/mol. The molecule has 0 aromatic heterocycles. The molecule has 0 radical (unpaired) electrons. The van der Waals surface area contributed by atoms with Gasteiger partial charge in [0, 0.05) is 0 Å². The van der Waals surface area contributed by atoms with E-state index < -0.39 is 37.6 Å². The second-order valence-corrected chi connectivity index (χ2v) is 3.66. The summed E-state index contributed by atoms with van der Waals surface area (Å²) in [5.74, 6) is 0. The van der Waals surface area contributed by atoms with Crippen molar-refractivity contribution in [1.82, 2.24) is 0 Å².